The first kappa shape index (κ1) is 11.5. The zero-order valence-corrected chi connectivity index (χ0v) is 9.68. The minimum Gasteiger partial charge on any atom is -0.384 e. The molecule has 4 heteroatoms. The monoisotopic (exact) mass is 206 g/mol. The third-order valence-corrected chi connectivity index (χ3v) is 1.77. The molecule has 0 aliphatic rings. The summed E-state index contributed by atoms with van der Waals surface area (Å²) >= 11 is 0. The van der Waals surface area contributed by atoms with E-state index in [4.69, 9.17) is 11.1 Å². The molecule has 0 aromatic carbocycles. The first-order valence-corrected chi connectivity index (χ1v) is 4.89. The summed E-state index contributed by atoms with van der Waals surface area (Å²) in [6.45, 7) is 8.07. The maximum Gasteiger partial charge on any atom is 0.127 e. The Kier molecular flexibility index (Phi) is 2.98. The molecule has 1 heterocycles. The second-order valence-electron chi connectivity index (χ2n) is 4.67. The van der Waals surface area contributed by atoms with Gasteiger partial charge in [-0.15, -0.1) is 0 Å². The number of nitrogens with two attached hydrogens (primary N) is 1. The number of nitrogen functional groups attached to an aromatic ring is 1. The molecule has 0 amide bonds. The van der Waals surface area contributed by atoms with Gasteiger partial charge in [0.05, 0.1) is 0 Å². The summed E-state index contributed by atoms with van der Waals surface area (Å²) < 4.78 is 0. The van der Waals surface area contributed by atoms with Crippen molar-refractivity contribution >= 4 is 11.7 Å². The van der Waals surface area contributed by atoms with Crippen molar-refractivity contribution in [3.05, 3.63) is 23.4 Å². The van der Waals surface area contributed by atoms with Crippen LogP contribution in [0.2, 0.25) is 0 Å². The predicted molar refractivity (Wildman–Crippen MR) is 63.4 cm³/mol. The molecule has 1 aromatic heterocycles. The number of anilines is 1. The van der Waals surface area contributed by atoms with E-state index in [1.54, 1.807) is 12.1 Å². The van der Waals surface area contributed by atoms with Crippen LogP contribution in [-0.2, 0) is 0 Å². The highest BCUT2D eigenvalue weighted by Gasteiger charge is 2.11. The van der Waals surface area contributed by atoms with Crippen LogP contribution in [0.15, 0.2) is 12.1 Å². The lowest BCUT2D eigenvalue weighted by atomic mass is 10.1. The number of aromatic nitrogens is 1. The fourth-order valence-electron chi connectivity index (χ4n) is 1.27. The lowest BCUT2D eigenvalue weighted by Gasteiger charge is -2.21. The van der Waals surface area contributed by atoms with Crippen LogP contribution in [0, 0.1) is 12.3 Å². The highest BCUT2D eigenvalue weighted by molar-refractivity contribution is 5.95. The van der Waals surface area contributed by atoms with Gasteiger partial charge in [-0.3, -0.25) is 5.41 Å². The van der Waals surface area contributed by atoms with Gasteiger partial charge in [0, 0.05) is 16.8 Å². The number of rotatable bonds is 2. The fraction of sp³-hybridized carbons (Fsp3) is 0.455. The van der Waals surface area contributed by atoms with Crippen LogP contribution in [0.4, 0.5) is 5.82 Å². The van der Waals surface area contributed by atoms with E-state index in [9.17, 15) is 0 Å². The summed E-state index contributed by atoms with van der Waals surface area (Å²) in [6, 6.07) is 3.59. The number of aryl methyl sites for hydroxylation is 1. The van der Waals surface area contributed by atoms with Gasteiger partial charge in [0.2, 0.25) is 0 Å². The molecule has 0 spiro atoms. The summed E-state index contributed by atoms with van der Waals surface area (Å²) in [7, 11) is 0. The molecule has 15 heavy (non-hydrogen) atoms. The van der Waals surface area contributed by atoms with E-state index < -0.39 is 0 Å². The molecule has 0 unspecified atom stereocenters. The summed E-state index contributed by atoms with van der Waals surface area (Å²) in [6.07, 6.45) is 0. The highest BCUT2D eigenvalue weighted by Crippen LogP contribution is 2.14. The average molecular weight is 206 g/mol. The van der Waals surface area contributed by atoms with Gasteiger partial charge in [-0.25, -0.2) is 4.98 Å². The van der Waals surface area contributed by atoms with Crippen molar-refractivity contribution in [3.8, 4) is 0 Å². The molecule has 0 radical (unpaired) electrons. The molecular weight excluding hydrogens is 188 g/mol. The van der Waals surface area contributed by atoms with Crippen LogP contribution in [0.1, 0.15) is 32.0 Å². The smallest absolute Gasteiger partial charge is 0.127 e. The van der Waals surface area contributed by atoms with E-state index in [1.165, 1.54) is 0 Å². The second-order valence-corrected chi connectivity index (χ2v) is 4.67. The SMILES string of the molecule is Cc1cc(C(=N)N)cc(NC(C)(C)C)n1. The van der Waals surface area contributed by atoms with Crippen molar-refractivity contribution in [2.75, 3.05) is 5.32 Å². The zero-order chi connectivity index (χ0) is 11.6. The Morgan fingerprint density at radius 2 is 2.00 bits per heavy atom. The van der Waals surface area contributed by atoms with Gasteiger partial charge < -0.3 is 11.1 Å². The molecule has 82 valence electrons. The largest absolute Gasteiger partial charge is 0.384 e. The number of nitrogens with zero attached hydrogens (tertiary/aromatic N) is 1. The van der Waals surface area contributed by atoms with E-state index in [-0.39, 0.29) is 11.4 Å². The third-order valence-electron chi connectivity index (χ3n) is 1.77. The van der Waals surface area contributed by atoms with E-state index in [2.05, 4.69) is 31.1 Å². The van der Waals surface area contributed by atoms with Crippen molar-refractivity contribution in [1.82, 2.24) is 4.98 Å². The number of hydrogen-bond donors (Lipinski definition) is 3. The zero-order valence-electron chi connectivity index (χ0n) is 9.68. The average Bonchev–Trinajstić information content (AvgIpc) is 1.99. The highest BCUT2D eigenvalue weighted by atomic mass is 15.0. The lowest BCUT2D eigenvalue weighted by Crippen LogP contribution is -2.27. The molecule has 4 nitrogen and oxygen atoms in total. The molecular formula is C11H18N4. The molecule has 1 aromatic rings. The summed E-state index contributed by atoms with van der Waals surface area (Å²) in [5, 5.41) is 10.6. The molecule has 0 saturated heterocycles. The van der Waals surface area contributed by atoms with Crippen molar-refractivity contribution in [2.45, 2.75) is 33.2 Å². The number of pyridine rings is 1. The van der Waals surface area contributed by atoms with Gasteiger partial charge in [0.15, 0.2) is 0 Å². The summed E-state index contributed by atoms with van der Waals surface area (Å²) in [5.74, 6) is 0.824. The Labute approximate surface area is 90.4 Å². The van der Waals surface area contributed by atoms with Gasteiger partial charge >= 0.3 is 0 Å². The van der Waals surface area contributed by atoms with Gasteiger partial charge in [-0.2, -0.15) is 0 Å². The standard InChI is InChI=1S/C11H18N4/c1-7-5-8(10(12)13)6-9(14-7)15-11(2,3)4/h5-6H,1-4H3,(H3,12,13)(H,14,15). The second kappa shape index (κ2) is 3.88. The van der Waals surface area contributed by atoms with Crippen LogP contribution < -0.4 is 11.1 Å². The van der Waals surface area contributed by atoms with E-state index in [0.717, 1.165) is 11.5 Å². The molecule has 1 rings (SSSR count). The first-order chi connectivity index (χ1) is 6.78. The van der Waals surface area contributed by atoms with Gasteiger partial charge in [0.1, 0.15) is 11.7 Å². The van der Waals surface area contributed by atoms with E-state index >= 15 is 0 Å². The molecule has 0 fully saturated rings. The van der Waals surface area contributed by atoms with Crippen molar-refractivity contribution in [1.29, 1.82) is 5.41 Å². The van der Waals surface area contributed by atoms with Crippen LogP contribution in [0.3, 0.4) is 0 Å². The van der Waals surface area contributed by atoms with Gasteiger partial charge in [-0.1, -0.05) is 0 Å². The predicted octanol–water partition coefficient (Wildman–Crippen LogP) is 1.88. The number of hydrogen-bond acceptors (Lipinski definition) is 3. The van der Waals surface area contributed by atoms with Crippen LogP contribution >= 0.6 is 0 Å². The Morgan fingerprint density at radius 1 is 1.40 bits per heavy atom. The molecule has 0 aliphatic carbocycles. The normalized spacial score (nSPS) is 11.2. The maximum absolute atomic E-state index is 7.38. The van der Waals surface area contributed by atoms with Crippen molar-refractivity contribution in [2.24, 2.45) is 5.73 Å². The van der Waals surface area contributed by atoms with Crippen molar-refractivity contribution in [3.63, 3.8) is 0 Å². The minimum absolute atomic E-state index is 0.0468. The third kappa shape index (κ3) is 3.58. The van der Waals surface area contributed by atoms with Crippen molar-refractivity contribution < 1.29 is 0 Å². The summed E-state index contributed by atoms with van der Waals surface area (Å²) in [4.78, 5) is 4.34. The summed E-state index contributed by atoms with van der Waals surface area (Å²) in [5.41, 5.74) is 6.96. The fourth-order valence-corrected chi connectivity index (χ4v) is 1.27. The topological polar surface area (TPSA) is 74.8 Å². The Bertz CT molecular complexity index is 377. The van der Waals surface area contributed by atoms with E-state index in [1.807, 2.05) is 6.92 Å². The van der Waals surface area contributed by atoms with Crippen LogP contribution in [0.5, 0.6) is 0 Å². The molecule has 0 aliphatic heterocycles. The van der Waals surface area contributed by atoms with Crippen LogP contribution in [-0.4, -0.2) is 16.4 Å². The molecule has 0 atom stereocenters. The van der Waals surface area contributed by atoms with E-state index in [0.29, 0.717) is 5.56 Å². The lowest BCUT2D eigenvalue weighted by molar-refractivity contribution is 0.630. The molecule has 4 N–H and O–H groups in total. The number of nitrogens with one attached hydrogen (secondary N) is 2. The number of amidine groups is 1. The Morgan fingerprint density at radius 3 is 2.47 bits per heavy atom. The minimum atomic E-state index is -0.0468. The Balaban J connectivity index is 3.04. The Hall–Kier alpha value is -1.58. The molecule has 0 saturated carbocycles. The molecule has 0 bridgehead atoms. The quantitative estimate of drug-likeness (QED) is 0.511. The van der Waals surface area contributed by atoms with Crippen LogP contribution in [0.25, 0.3) is 0 Å². The first-order valence-electron chi connectivity index (χ1n) is 4.89. The maximum atomic E-state index is 7.38. The van der Waals surface area contributed by atoms with Gasteiger partial charge in [0.25, 0.3) is 0 Å². The van der Waals surface area contributed by atoms with Gasteiger partial charge in [-0.05, 0) is 39.8 Å².